The lowest BCUT2D eigenvalue weighted by Crippen LogP contribution is -2.29. The summed E-state index contributed by atoms with van der Waals surface area (Å²) in [5, 5.41) is 3.12. The Bertz CT molecular complexity index is 577. The summed E-state index contributed by atoms with van der Waals surface area (Å²) in [5.74, 6) is 0.306. The molecule has 0 bridgehead atoms. The summed E-state index contributed by atoms with van der Waals surface area (Å²) in [4.78, 5) is 15.7. The Morgan fingerprint density at radius 1 is 1.45 bits per heavy atom. The molecular weight excluding hydrogens is 256 g/mol. The van der Waals surface area contributed by atoms with Crippen LogP contribution in [0, 0.1) is 0 Å². The molecule has 0 radical (unpaired) electrons. The van der Waals surface area contributed by atoms with Crippen LogP contribution in [-0.2, 0) is 11.3 Å². The molecule has 1 amide bonds. The van der Waals surface area contributed by atoms with E-state index in [9.17, 15) is 4.79 Å². The third-order valence-corrected chi connectivity index (χ3v) is 3.07. The first-order valence-corrected chi connectivity index (χ1v) is 6.35. The van der Waals surface area contributed by atoms with Crippen LogP contribution in [-0.4, -0.2) is 22.6 Å². The number of rotatable bonds is 6. The van der Waals surface area contributed by atoms with E-state index in [4.69, 9.17) is 10.5 Å². The van der Waals surface area contributed by atoms with Crippen molar-refractivity contribution in [3.63, 3.8) is 0 Å². The fourth-order valence-corrected chi connectivity index (χ4v) is 1.98. The van der Waals surface area contributed by atoms with E-state index in [0.717, 1.165) is 23.7 Å². The van der Waals surface area contributed by atoms with Crippen molar-refractivity contribution in [1.29, 1.82) is 0 Å². The molecule has 3 N–H and O–H groups in total. The summed E-state index contributed by atoms with van der Waals surface area (Å²) in [6.07, 6.45) is 3.33. The van der Waals surface area contributed by atoms with Gasteiger partial charge >= 0.3 is 0 Å². The number of methoxy groups -OCH3 is 1. The monoisotopic (exact) mass is 274 g/mol. The van der Waals surface area contributed by atoms with Gasteiger partial charge in [-0.3, -0.25) is 4.79 Å². The fourth-order valence-electron chi connectivity index (χ4n) is 1.98. The van der Waals surface area contributed by atoms with Crippen LogP contribution in [0.4, 0.5) is 5.69 Å². The van der Waals surface area contributed by atoms with E-state index >= 15 is 0 Å². The lowest BCUT2D eigenvalue weighted by atomic mass is 10.2. The van der Waals surface area contributed by atoms with E-state index in [1.54, 1.807) is 19.6 Å². The van der Waals surface area contributed by atoms with Crippen LogP contribution in [0.25, 0.3) is 0 Å². The number of ether oxygens (including phenoxy) is 1. The van der Waals surface area contributed by atoms with Crippen molar-refractivity contribution in [3.8, 4) is 5.75 Å². The SMILES string of the molecule is CCn1cncc1C(Nc1ccc(OC)cc1)C(N)=O. The van der Waals surface area contributed by atoms with E-state index in [1.165, 1.54) is 0 Å². The van der Waals surface area contributed by atoms with E-state index in [0.29, 0.717) is 0 Å². The topological polar surface area (TPSA) is 82.2 Å². The minimum Gasteiger partial charge on any atom is -0.497 e. The molecule has 0 aliphatic heterocycles. The van der Waals surface area contributed by atoms with Gasteiger partial charge in [-0.05, 0) is 31.2 Å². The summed E-state index contributed by atoms with van der Waals surface area (Å²) >= 11 is 0. The first-order valence-electron chi connectivity index (χ1n) is 6.35. The van der Waals surface area contributed by atoms with Crippen molar-refractivity contribution in [1.82, 2.24) is 9.55 Å². The zero-order valence-electron chi connectivity index (χ0n) is 11.5. The second kappa shape index (κ2) is 6.10. The van der Waals surface area contributed by atoms with Gasteiger partial charge in [-0.15, -0.1) is 0 Å². The van der Waals surface area contributed by atoms with Crippen LogP contribution < -0.4 is 15.8 Å². The van der Waals surface area contributed by atoms with Crippen molar-refractivity contribution in [2.24, 2.45) is 5.73 Å². The molecule has 106 valence electrons. The molecule has 2 rings (SSSR count). The highest BCUT2D eigenvalue weighted by Crippen LogP contribution is 2.21. The summed E-state index contributed by atoms with van der Waals surface area (Å²) < 4.78 is 6.98. The number of aryl methyl sites for hydroxylation is 1. The van der Waals surface area contributed by atoms with Gasteiger partial charge in [-0.1, -0.05) is 0 Å². The standard InChI is InChI=1S/C14H18N4O2/c1-3-18-9-16-8-12(18)13(14(15)19)17-10-4-6-11(20-2)7-5-10/h4-9,13,17H,3H2,1-2H3,(H2,15,19). The number of hydrogen-bond donors (Lipinski definition) is 2. The first kappa shape index (κ1) is 13.9. The number of amides is 1. The maximum atomic E-state index is 11.7. The van der Waals surface area contributed by atoms with Gasteiger partial charge in [0.1, 0.15) is 11.8 Å². The average molecular weight is 274 g/mol. The Hall–Kier alpha value is -2.50. The first-order chi connectivity index (χ1) is 9.65. The summed E-state index contributed by atoms with van der Waals surface area (Å²) in [6, 6.07) is 6.68. The highest BCUT2D eigenvalue weighted by Gasteiger charge is 2.21. The third-order valence-electron chi connectivity index (χ3n) is 3.07. The predicted octanol–water partition coefficient (Wildman–Crippen LogP) is 1.55. The Balaban J connectivity index is 2.23. The lowest BCUT2D eigenvalue weighted by Gasteiger charge is -2.18. The molecule has 6 nitrogen and oxygen atoms in total. The van der Waals surface area contributed by atoms with E-state index in [2.05, 4.69) is 10.3 Å². The molecule has 1 unspecified atom stereocenters. The molecule has 2 aromatic rings. The minimum atomic E-state index is -0.620. The van der Waals surface area contributed by atoms with Gasteiger partial charge in [-0.25, -0.2) is 4.98 Å². The van der Waals surface area contributed by atoms with Crippen molar-refractivity contribution in [2.45, 2.75) is 19.5 Å². The molecule has 1 atom stereocenters. The van der Waals surface area contributed by atoms with Gasteiger partial charge in [0.15, 0.2) is 0 Å². The molecule has 0 fully saturated rings. The summed E-state index contributed by atoms with van der Waals surface area (Å²) in [7, 11) is 1.61. The third kappa shape index (κ3) is 2.90. The lowest BCUT2D eigenvalue weighted by molar-refractivity contribution is -0.119. The number of nitrogens with two attached hydrogens (primary N) is 1. The maximum absolute atomic E-state index is 11.7. The number of carbonyl (C=O) groups excluding carboxylic acids is 1. The molecule has 0 saturated heterocycles. The number of hydrogen-bond acceptors (Lipinski definition) is 4. The van der Waals surface area contributed by atoms with Gasteiger partial charge in [0.25, 0.3) is 0 Å². The number of aromatic nitrogens is 2. The Morgan fingerprint density at radius 3 is 2.70 bits per heavy atom. The van der Waals surface area contributed by atoms with E-state index in [1.807, 2.05) is 35.8 Å². The highest BCUT2D eigenvalue weighted by atomic mass is 16.5. The van der Waals surface area contributed by atoms with E-state index < -0.39 is 11.9 Å². The minimum absolute atomic E-state index is 0.448. The number of benzene rings is 1. The van der Waals surface area contributed by atoms with Crippen molar-refractivity contribution < 1.29 is 9.53 Å². The smallest absolute Gasteiger partial charge is 0.246 e. The Labute approximate surface area is 117 Å². The number of primary amides is 1. The Kier molecular flexibility index (Phi) is 4.24. The van der Waals surface area contributed by atoms with Crippen LogP contribution >= 0.6 is 0 Å². The van der Waals surface area contributed by atoms with E-state index in [-0.39, 0.29) is 0 Å². The van der Waals surface area contributed by atoms with Crippen LogP contribution in [0.3, 0.4) is 0 Å². The molecule has 20 heavy (non-hydrogen) atoms. The van der Waals surface area contributed by atoms with Crippen LogP contribution in [0.5, 0.6) is 5.75 Å². The molecule has 1 aromatic heterocycles. The van der Waals surface area contributed by atoms with Crippen LogP contribution in [0.2, 0.25) is 0 Å². The molecule has 0 aliphatic rings. The quantitative estimate of drug-likeness (QED) is 0.837. The maximum Gasteiger partial charge on any atom is 0.246 e. The van der Waals surface area contributed by atoms with Crippen molar-refractivity contribution in [2.75, 3.05) is 12.4 Å². The zero-order chi connectivity index (χ0) is 14.5. The number of imidazole rings is 1. The van der Waals surface area contributed by atoms with Gasteiger partial charge < -0.3 is 20.4 Å². The van der Waals surface area contributed by atoms with Gasteiger partial charge in [0, 0.05) is 12.2 Å². The molecule has 1 aromatic carbocycles. The second-order valence-corrected chi connectivity index (χ2v) is 4.31. The predicted molar refractivity (Wildman–Crippen MR) is 76.5 cm³/mol. The van der Waals surface area contributed by atoms with Crippen LogP contribution in [0.15, 0.2) is 36.8 Å². The van der Waals surface area contributed by atoms with Gasteiger partial charge in [-0.2, -0.15) is 0 Å². The Morgan fingerprint density at radius 2 is 2.15 bits per heavy atom. The van der Waals surface area contributed by atoms with Crippen molar-refractivity contribution >= 4 is 11.6 Å². The highest BCUT2D eigenvalue weighted by molar-refractivity contribution is 5.84. The summed E-state index contributed by atoms with van der Waals surface area (Å²) in [5.41, 5.74) is 7.02. The van der Waals surface area contributed by atoms with Gasteiger partial charge in [0.2, 0.25) is 5.91 Å². The summed E-state index contributed by atoms with van der Waals surface area (Å²) in [6.45, 7) is 2.71. The van der Waals surface area contributed by atoms with Gasteiger partial charge in [0.05, 0.1) is 25.3 Å². The second-order valence-electron chi connectivity index (χ2n) is 4.31. The molecule has 0 saturated carbocycles. The molecular formula is C14H18N4O2. The average Bonchev–Trinajstić information content (AvgIpc) is 2.93. The molecule has 0 spiro atoms. The zero-order valence-corrected chi connectivity index (χ0v) is 11.5. The molecule has 0 aliphatic carbocycles. The molecule has 1 heterocycles. The molecule has 6 heteroatoms. The fraction of sp³-hybridized carbons (Fsp3) is 0.286. The number of nitrogens with zero attached hydrogens (tertiary/aromatic N) is 2. The number of carbonyl (C=O) groups is 1. The number of nitrogens with one attached hydrogen (secondary N) is 1. The van der Waals surface area contributed by atoms with Crippen molar-refractivity contribution in [3.05, 3.63) is 42.5 Å². The largest absolute Gasteiger partial charge is 0.497 e. The van der Waals surface area contributed by atoms with Crippen LogP contribution in [0.1, 0.15) is 18.7 Å². The number of anilines is 1. The normalized spacial score (nSPS) is 11.9.